The highest BCUT2D eigenvalue weighted by Gasteiger charge is 2.26. The summed E-state index contributed by atoms with van der Waals surface area (Å²) in [6.45, 7) is 7.01. The van der Waals surface area contributed by atoms with Gasteiger partial charge in [0.1, 0.15) is 11.8 Å². The highest BCUT2D eigenvalue weighted by molar-refractivity contribution is 5.80. The second-order valence-electron chi connectivity index (χ2n) is 6.80. The van der Waals surface area contributed by atoms with Crippen molar-refractivity contribution in [3.8, 4) is 5.75 Å². The van der Waals surface area contributed by atoms with E-state index in [1.54, 1.807) is 10.9 Å². The van der Waals surface area contributed by atoms with Crippen molar-refractivity contribution in [3.63, 3.8) is 0 Å². The van der Waals surface area contributed by atoms with Crippen molar-refractivity contribution in [1.82, 2.24) is 19.6 Å². The van der Waals surface area contributed by atoms with Gasteiger partial charge in [0.15, 0.2) is 0 Å². The number of fused-ring (bicyclic) bond motifs is 1. The number of amides is 1. The summed E-state index contributed by atoms with van der Waals surface area (Å²) >= 11 is 0. The zero-order valence-electron chi connectivity index (χ0n) is 14.6. The van der Waals surface area contributed by atoms with Crippen molar-refractivity contribution >= 4 is 5.91 Å². The van der Waals surface area contributed by atoms with Gasteiger partial charge in [-0.05, 0) is 30.2 Å². The van der Waals surface area contributed by atoms with E-state index in [0.717, 1.165) is 51.5 Å². The summed E-state index contributed by atoms with van der Waals surface area (Å²) in [5.41, 5.74) is 2.65. The molecule has 0 N–H and O–H groups in total. The van der Waals surface area contributed by atoms with E-state index in [-0.39, 0.29) is 11.9 Å². The summed E-state index contributed by atoms with van der Waals surface area (Å²) in [6.07, 6.45) is 4.57. The Labute approximate surface area is 148 Å². The molecule has 1 aromatic heterocycles. The highest BCUT2D eigenvalue weighted by atomic mass is 16.5. The number of aromatic nitrogens is 2. The first-order chi connectivity index (χ1) is 12.2. The molecule has 1 saturated heterocycles. The monoisotopic (exact) mass is 340 g/mol. The summed E-state index contributed by atoms with van der Waals surface area (Å²) in [5, 5.41) is 4.18. The van der Waals surface area contributed by atoms with Crippen LogP contribution in [-0.2, 0) is 17.8 Å². The molecule has 132 valence electrons. The van der Waals surface area contributed by atoms with Crippen LogP contribution in [0.2, 0.25) is 0 Å². The molecule has 2 aliphatic rings. The number of hydrogen-bond acceptors (Lipinski definition) is 4. The van der Waals surface area contributed by atoms with Crippen molar-refractivity contribution in [2.45, 2.75) is 25.9 Å². The lowest BCUT2D eigenvalue weighted by Crippen LogP contribution is -2.49. The minimum Gasteiger partial charge on any atom is -0.493 e. The van der Waals surface area contributed by atoms with Crippen LogP contribution in [0.4, 0.5) is 0 Å². The molecule has 0 saturated carbocycles. The molecule has 6 nitrogen and oxygen atoms in total. The van der Waals surface area contributed by atoms with E-state index < -0.39 is 0 Å². The lowest BCUT2D eigenvalue weighted by atomic mass is 10.1. The molecule has 6 heteroatoms. The maximum absolute atomic E-state index is 12.6. The largest absolute Gasteiger partial charge is 0.493 e. The molecule has 1 unspecified atom stereocenters. The molecule has 0 aliphatic carbocycles. The summed E-state index contributed by atoms with van der Waals surface area (Å²) in [7, 11) is 0. The van der Waals surface area contributed by atoms with Crippen LogP contribution < -0.4 is 4.74 Å². The average molecular weight is 340 g/mol. The molecular weight excluding hydrogens is 316 g/mol. The van der Waals surface area contributed by atoms with Crippen LogP contribution in [-0.4, -0.2) is 58.3 Å². The second-order valence-corrected chi connectivity index (χ2v) is 6.80. The van der Waals surface area contributed by atoms with E-state index in [2.05, 4.69) is 28.2 Å². The van der Waals surface area contributed by atoms with Crippen LogP contribution >= 0.6 is 0 Å². The lowest BCUT2D eigenvalue weighted by molar-refractivity contribution is -0.136. The van der Waals surface area contributed by atoms with Crippen molar-refractivity contribution < 1.29 is 9.53 Å². The molecular formula is C19H24N4O2. The topological polar surface area (TPSA) is 50.6 Å². The van der Waals surface area contributed by atoms with Gasteiger partial charge in [0.05, 0.1) is 6.61 Å². The van der Waals surface area contributed by atoms with Gasteiger partial charge in [0, 0.05) is 51.5 Å². The van der Waals surface area contributed by atoms with Gasteiger partial charge in [-0.3, -0.25) is 14.4 Å². The third-order valence-electron chi connectivity index (χ3n) is 5.12. The predicted octanol–water partition coefficient (Wildman–Crippen LogP) is 1.72. The van der Waals surface area contributed by atoms with Gasteiger partial charge in [-0.1, -0.05) is 12.1 Å². The maximum atomic E-state index is 12.6. The molecule has 1 aromatic carbocycles. The summed E-state index contributed by atoms with van der Waals surface area (Å²) in [6, 6.07) is 8.12. The molecule has 0 bridgehead atoms. The summed E-state index contributed by atoms with van der Waals surface area (Å²) in [4.78, 5) is 17.0. The Balaban J connectivity index is 1.31. The number of ether oxygens (including phenoxy) is 1. The van der Waals surface area contributed by atoms with Gasteiger partial charge in [-0.15, -0.1) is 0 Å². The molecule has 1 atom stereocenters. The first-order valence-corrected chi connectivity index (χ1v) is 8.95. The van der Waals surface area contributed by atoms with Crippen LogP contribution in [0, 0.1) is 0 Å². The Bertz CT molecular complexity index is 736. The summed E-state index contributed by atoms with van der Waals surface area (Å²) in [5.74, 6) is 1.19. The number of carbonyl (C=O) groups excluding carboxylic acids is 1. The Morgan fingerprint density at radius 3 is 2.88 bits per heavy atom. The van der Waals surface area contributed by atoms with Gasteiger partial charge in [-0.25, -0.2) is 0 Å². The second kappa shape index (κ2) is 6.88. The lowest BCUT2D eigenvalue weighted by Gasteiger charge is -2.36. The molecule has 0 radical (unpaired) electrons. The minimum atomic E-state index is -0.238. The number of benzene rings is 1. The van der Waals surface area contributed by atoms with E-state index in [1.807, 2.05) is 24.1 Å². The van der Waals surface area contributed by atoms with Gasteiger partial charge < -0.3 is 9.64 Å². The molecule has 0 spiro atoms. The first kappa shape index (κ1) is 16.1. The normalized spacial score (nSPS) is 18.7. The van der Waals surface area contributed by atoms with Crippen LogP contribution in [0.15, 0.2) is 36.7 Å². The SMILES string of the molecule is CC(C(=O)N1CCN(Cc2ccc3c(c2)CCO3)CC1)n1cccn1. The standard InChI is InChI=1S/C19H24N4O2/c1-15(23-7-2-6-20-23)19(24)22-10-8-21(9-11-22)14-16-3-4-18-17(13-16)5-12-25-18/h2-4,6-7,13,15H,5,8-12,14H2,1H3. The number of rotatable bonds is 4. The third-order valence-corrected chi connectivity index (χ3v) is 5.12. The minimum absolute atomic E-state index is 0.151. The van der Waals surface area contributed by atoms with Crippen molar-refractivity contribution in [2.24, 2.45) is 0 Å². The van der Waals surface area contributed by atoms with Crippen LogP contribution in [0.25, 0.3) is 0 Å². The molecule has 3 heterocycles. The fourth-order valence-electron chi connectivity index (χ4n) is 3.61. The van der Waals surface area contributed by atoms with E-state index >= 15 is 0 Å². The molecule has 2 aromatic rings. The highest BCUT2D eigenvalue weighted by Crippen LogP contribution is 2.26. The molecule has 2 aliphatic heterocycles. The Morgan fingerprint density at radius 2 is 2.12 bits per heavy atom. The van der Waals surface area contributed by atoms with E-state index in [4.69, 9.17) is 4.74 Å². The van der Waals surface area contributed by atoms with E-state index in [1.165, 1.54) is 11.1 Å². The molecule has 25 heavy (non-hydrogen) atoms. The predicted molar refractivity (Wildman–Crippen MR) is 94.4 cm³/mol. The van der Waals surface area contributed by atoms with Gasteiger partial charge in [-0.2, -0.15) is 5.10 Å². The Hall–Kier alpha value is -2.34. The van der Waals surface area contributed by atoms with E-state index in [9.17, 15) is 4.79 Å². The quantitative estimate of drug-likeness (QED) is 0.850. The number of hydrogen-bond donors (Lipinski definition) is 0. The summed E-state index contributed by atoms with van der Waals surface area (Å²) < 4.78 is 7.30. The zero-order valence-corrected chi connectivity index (χ0v) is 14.6. The zero-order chi connectivity index (χ0) is 17.2. The fourth-order valence-corrected chi connectivity index (χ4v) is 3.61. The molecule has 1 fully saturated rings. The van der Waals surface area contributed by atoms with Gasteiger partial charge in [0.2, 0.25) is 5.91 Å². The van der Waals surface area contributed by atoms with Crippen molar-refractivity contribution in [1.29, 1.82) is 0 Å². The average Bonchev–Trinajstić information content (AvgIpc) is 3.32. The van der Waals surface area contributed by atoms with E-state index in [0.29, 0.717) is 0 Å². The first-order valence-electron chi connectivity index (χ1n) is 8.95. The van der Waals surface area contributed by atoms with Crippen LogP contribution in [0.5, 0.6) is 5.75 Å². The Morgan fingerprint density at radius 1 is 1.28 bits per heavy atom. The van der Waals surface area contributed by atoms with Gasteiger partial charge >= 0.3 is 0 Å². The van der Waals surface area contributed by atoms with Crippen molar-refractivity contribution in [3.05, 3.63) is 47.8 Å². The maximum Gasteiger partial charge on any atom is 0.247 e. The molecule has 1 amide bonds. The third kappa shape index (κ3) is 3.39. The van der Waals surface area contributed by atoms with Crippen molar-refractivity contribution in [2.75, 3.05) is 32.8 Å². The fraction of sp³-hybridized carbons (Fsp3) is 0.474. The van der Waals surface area contributed by atoms with Crippen LogP contribution in [0.3, 0.4) is 0 Å². The van der Waals surface area contributed by atoms with Gasteiger partial charge in [0.25, 0.3) is 0 Å². The smallest absolute Gasteiger partial charge is 0.247 e. The van der Waals surface area contributed by atoms with Crippen LogP contribution in [0.1, 0.15) is 24.1 Å². The molecule has 4 rings (SSSR count). The Kier molecular flexibility index (Phi) is 4.44. The number of carbonyl (C=O) groups is 1. The number of nitrogens with zero attached hydrogens (tertiary/aromatic N) is 4. The number of piperazine rings is 1.